The van der Waals surface area contributed by atoms with Crippen LogP contribution in [-0.4, -0.2) is 0 Å². The molecular formula is C32H30F10O2Zr. The Morgan fingerprint density at radius 3 is 0.956 bits per heavy atom. The molecule has 2 aliphatic rings. The van der Waals surface area contributed by atoms with Crippen molar-refractivity contribution in [2.45, 2.75) is 79.1 Å². The Balaban J connectivity index is 0.000000571. The molecule has 0 heterocycles. The molecule has 0 N–H and O–H groups in total. The predicted octanol–water partition coefficient (Wildman–Crippen LogP) is 9.42. The summed E-state index contributed by atoms with van der Waals surface area (Å²) >= 11 is 0. The second-order valence-corrected chi connectivity index (χ2v) is 9.48. The van der Waals surface area contributed by atoms with Crippen LogP contribution in [0.5, 0.6) is 11.5 Å². The summed E-state index contributed by atoms with van der Waals surface area (Å²) in [5.74, 6) is -27.2. The van der Waals surface area contributed by atoms with Crippen molar-refractivity contribution in [1.82, 2.24) is 0 Å². The Kier molecular flexibility index (Phi) is 19.1. The van der Waals surface area contributed by atoms with Crippen molar-refractivity contribution in [2.75, 3.05) is 0 Å². The van der Waals surface area contributed by atoms with Crippen molar-refractivity contribution in [3.8, 4) is 11.5 Å². The maximum Gasteiger partial charge on any atom is 4.00 e. The van der Waals surface area contributed by atoms with E-state index in [9.17, 15) is 54.1 Å². The SMILES string of the molecule is CCCCC1=CC[C-]=C1C.CCCCC1=CC[C-]=C1C.[O-]c1c(F)c(F)c(F)c(F)c1F.[O-]c1c(F)c(F)c(F)c(F)c1F.[Zr+4]. The summed E-state index contributed by atoms with van der Waals surface area (Å²) < 4.78 is 121. The molecule has 0 aromatic heterocycles. The van der Waals surface area contributed by atoms with E-state index >= 15 is 0 Å². The van der Waals surface area contributed by atoms with Crippen LogP contribution in [0.1, 0.15) is 79.1 Å². The molecule has 0 aliphatic heterocycles. The molecule has 0 bridgehead atoms. The zero-order chi connectivity index (χ0) is 33.7. The first-order chi connectivity index (χ1) is 20.6. The van der Waals surface area contributed by atoms with E-state index in [2.05, 4.69) is 52.0 Å². The monoisotopic (exact) mass is 726 g/mol. The van der Waals surface area contributed by atoms with Gasteiger partial charge in [0.25, 0.3) is 0 Å². The van der Waals surface area contributed by atoms with Gasteiger partial charge in [-0.25, -0.2) is 55.1 Å². The number of benzene rings is 2. The molecule has 45 heavy (non-hydrogen) atoms. The van der Waals surface area contributed by atoms with E-state index in [1.54, 1.807) is 0 Å². The average molecular weight is 728 g/mol. The van der Waals surface area contributed by atoms with E-state index in [-0.39, 0.29) is 26.2 Å². The van der Waals surface area contributed by atoms with E-state index in [1.807, 2.05) is 0 Å². The van der Waals surface area contributed by atoms with E-state index < -0.39 is 69.7 Å². The van der Waals surface area contributed by atoms with Crippen LogP contribution in [0.15, 0.2) is 34.4 Å². The molecule has 0 saturated heterocycles. The number of hydrogen-bond acceptors (Lipinski definition) is 2. The van der Waals surface area contributed by atoms with E-state index in [0.29, 0.717) is 0 Å². The summed E-state index contributed by atoms with van der Waals surface area (Å²) in [6.45, 7) is 8.79. The third kappa shape index (κ3) is 11.8. The molecular weight excluding hydrogens is 698 g/mol. The molecule has 2 nitrogen and oxygen atoms in total. The molecule has 0 saturated carbocycles. The molecule has 244 valence electrons. The molecule has 0 unspecified atom stereocenters. The van der Waals surface area contributed by atoms with Gasteiger partial charge in [0.05, 0.1) is 0 Å². The van der Waals surface area contributed by atoms with Gasteiger partial charge in [-0.2, -0.15) is 23.3 Å². The third-order valence-corrected chi connectivity index (χ3v) is 6.33. The zero-order valence-corrected chi connectivity index (χ0v) is 27.4. The van der Waals surface area contributed by atoms with Crippen molar-refractivity contribution in [2.24, 2.45) is 0 Å². The minimum Gasteiger partial charge on any atom is -0.868 e. The van der Waals surface area contributed by atoms with Gasteiger partial charge in [-0.3, -0.25) is 12.2 Å². The molecule has 2 aliphatic carbocycles. The Labute approximate surface area is 275 Å². The molecule has 4 rings (SSSR count). The summed E-state index contributed by atoms with van der Waals surface area (Å²) in [7, 11) is 0. The zero-order valence-electron chi connectivity index (χ0n) is 24.9. The number of halogens is 10. The Bertz CT molecular complexity index is 1110. The van der Waals surface area contributed by atoms with Crippen LogP contribution < -0.4 is 10.2 Å². The maximum absolute atomic E-state index is 12.1. The first-order valence-electron chi connectivity index (χ1n) is 13.5. The summed E-state index contributed by atoms with van der Waals surface area (Å²) in [6.07, 6.45) is 21.1. The molecule has 0 spiro atoms. The maximum atomic E-state index is 12.1. The largest absolute Gasteiger partial charge is 4.00 e. The van der Waals surface area contributed by atoms with Crippen molar-refractivity contribution in [3.05, 3.63) is 105 Å². The molecule has 0 amide bonds. The van der Waals surface area contributed by atoms with Crippen molar-refractivity contribution in [3.63, 3.8) is 0 Å². The average Bonchev–Trinajstić information content (AvgIpc) is 3.64. The summed E-state index contributed by atoms with van der Waals surface area (Å²) in [5, 5.41) is 20.3. The molecule has 0 fully saturated rings. The first-order valence-corrected chi connectivity index (χ1v) is 13.5. The quantitative estimate of drug-likeness (QED) is 0.129. The molecule has 2 aromatic rings. The summed E-state index contributed by atoms with van der Waals surface area (Å²) in [4.78, 5) is 0. The van der Waals surface area contributed by atoms with Gasteiger partial charge >= 0.3 is 26.2 Å². The molecule has 2 aromatic carbocycles. The number of unbranched alkanes of at least 4 members (excludes halogenated alkanes) is 2. The minimum absolute atomic E-state index is 0. The van der Waals surface area contributed by atoms with Crippen LogP contribution in [-0.2, 0) is 26.2 Å². The van der Waals surface area contributed by atoms with Crippen molar-refractivity contribution >= 4 is 0 Å². The Morgan fingerprint density at radius 2 is 0.756 bits per heavy atom. The first kappa shape index (κ1) is 42.2. The van der Waals surface area contributed by atoms with Gasteiger partial charge in [0.2, 0.25) is 0 Å². The standard InChI is InChI=1S/2C10H15.2C6HF5O.Zr/c2*1-3-4-7-10-8-5-6-9(10)2;2*7-1-2(8)4(10)6(12)5(11)3(1)9;/h2*8H,3-5,7H2,1-2H3;2*12H;/q2*-1;;;+4/p-2. The van der Waals surface area contributed by atoms with Gasteiger partial charge in [0.15, 0.2) is 58.2 Å². The van der Waals surface area contributed by atoms with Gasteiger partial charge in [0, 0.05) is 0 Å². The molecule has 0 radical (unpaired) electrons. The Morgan fingerprint density at radius 1 is 0.511 bits per heavy atom. The number of rotatable bonds is 6. The molecule has 13 heteroatoms. The van der Waals surface area contributed by atoms with Crippen LogP contribution in [0, 0.1) is 70.3 Å². The fraction of sp³-hybridized carbons (Fsp3) is 0.375. The minimum atomic E-state index is -2.33. The van der Waals surface area contributed by atoms with E-state index in [4.69, 9.17) is 0 Å². The van der Waals surface area contributed by atoms with Crippen molar-refractivity contribution < 1.29 is 80.3 Å². The Hall–Kier alpha value is -2.82. The third-order valence-electron chi connectivity index (χ3n) is 6.33. The van der Waals surface area contributed by atoms with Crippen LogP contribution in [0.3, 0.4) is 0 Å². The number of allylic oxidation sites excluding steroid dienone is 8. The van der Waals surface area contributed by atoms with Gasteiger partial charge < -0.3 is 10.2 Å². The second kappa shape index (κ2) is 20.3. The topological polar surface area (TPSA) is 46.1 Å². The number of hydrogen-bond donors (Lipinski definition) is 0. The summed E-state index contributed by atoms with van der Waals surface area (Å²) in [6, 6.07) is 0. The van der Waals surface area contributed by atoms with Gasteiger partial charge in [-0.1, -0.05) is 66.2 Å². The summed E-state index contributed by atoms with van der Waals surface area (Å²) in [5.41, 5.74) is 5.82. The van der Waals surface area contributed by atoms with Crippen LogP contribution in [0.2, 0.25) is 0 Å². The van der Waals surface area contributed by atoms with E-state index in [1.165, 1.54) is 60.8 Å². The smallest absolute Gasteiger partial charge is 0.868 e. The van der Waals surface area contributed by atoms with Crippen LogP contribution in [0.25, 0.3) is 0 Å². The second-order valence-electron chi connectivity index (χ2n) is 9.48. The van der Waals surface area contributed by atoms with Crippen LogP contribution >= 0.6 is 0 Å². The van der Waals surface area contributed by atoms with E-state index in [0.717, 1.165) is 12.8 Å². The fourth-order valence-electron chi connectivity index (χ4n) is 3.67. The molecule has 0 atom stereocenters. The van der Waals surface area contributed by atoms with Gasteiger partial charge in [-0.15, -0.1) is 12.8 Å². The van der Waals surface area contributed by atoms with Crippen molar-refractivity contribution in [1.29, 1.82) is 0 Å². The van der Waals surface area contributed by atoms with Gasteiger partial charge in [0.1, 0.15) is 0 Å². The van der Waals surface area contributed by atoms with Gasteiger partial charge in [-0.05, 0) is 11.5 Å². The fourth-order valence-corrected chi connectivity index (χ4v) is 3.67. The normalized spacial score (nSPS) is 13.1. The predicted molar refractivity (Wildman–Crippen MR) is 141 cm³/mol. The van der Waals surface area contributed by atoms with Crippen LogP contribution in [0.4, 0.5) is 43.9 Å².